The third-order valence-corrected chi connectivity index (χ3v) is 4.06. The minimum absolute atomic E-state index is 0.302. The zero-order valence-corrected chi connectivity index (χ0v) is 11.9. The van der Waals surface area contributed by atoms with Crippen LogP contribution >= 0.6 is 0 Å². The van der Waals surface area contributed by atoms with Crippen molar-refractivity contribution in [2.24, 2.45) is 11.8 Å². The van der Waals surface area contributed by atoms with Crippen molar-refractivity contribution in [3.8, 4) is 6.07 Å². The number of carbonyl (C=O) groups is 2. The summed E-state index contributed by atoms with van der Waals surface area (Å²) in [6, 6.07) is 7.31. The lowest BCUT2D eigenvalue weighted by atomic mass is 9.78. The van der Waals surface area contributed by atoms with Gasteiger partial charge < -0.3 is 10.4 Å². The Bertz CT molecular complexity index is 604. The van der Waals surface area contributed by atoms with Crippen LogP contribution in [0.2, 0.25) is 0 Å². The molecule has 0 spiro atoms. The number of rotatable bonds is 3. The van der Waals surface area contributed by atoms with E-state index in [9.17, 15) is 14.7 Å². The molecule has 1 aromatic carbocycles. The summed E-state index contributed by atoms with van der Waals surface area (Å²) in [6.07, 6.45) is 2.82. The maximum Gasteiger partial charge on any atom is 0.307 e. The monoisotopic (exact) mass is 286 g/mol. The van der Waals surface area contributed by atoms with Gasteiger partial charge in [-0.05, 0) is 31.4 Å². The molecule has 1 aliphatic carbocycles. The lowest BCUT2D eigenvalue weighted by Gasteiger charge is -2.27. The van der Waals surface area contributed by atoms with Gasteiger partial charge in [0.05, 0.1) is 23.1 Å². The van der Waals surface area contributed by atoms with E-state index in [4.69, 9.17) is 5.26 Å². The van der Waals surface area contributed by atoms with Crippen molar-refractivity contribution in [1.82, 2.24) is 0 Å². The molecule has 0 heterocycles. The smallest absolute Gasteiger partial charge is 0.307 e. The molecule has 1 aliphatic rings. The van der Waals surface area contributed by atoms with Crippen molar-refractivity contribution >= 4 is 17.6 Å². The molecule has 2 rings (SSSR count). The Labute approximate surface area is 123 Å². The number of amides is 1. The summed E-state index contributed by atoms with van der Waals surface area (Å²) in [5.74, 6) is -2.37. The Morgan fingerprint density at radius 3 is 2.57 bits per heavy atom. The summed E-state index contributed by atoms with van der Waals surface area (Å²) in [7, 11) is 0. The van der Waals surface area contributed by atoms with Gasteiger partial charge in [-0.25, -0.2) is 0 Å². The van der Waals surface area contributed by atoms with E-state index in [1.165, 1.54) is 0 Å². The normalized spacial score (nSPS) is 21.3. The number of hydrogen-bond acceptors (Lipinski definition) is 3. The van der Waals surface area contributed by atoms with Crippen molar-refractivity contribution in [2.75, 3.05) is 5.32 Å². The minimum atomic E-state index is -0.917. The van der Waals surface area contributed by atoms with Crippen molar-refractivity contribution in [1.29, 1.82) is 5.26 Å². The van der Waals surface area contributed by atoms with Gasteiger partial charge in [-0.3, -0.25) is 9.59 Å². The number of aliphatic carboxylic acids is 1. The summed E-state index contributed by atoms with van der Waals surface area (Å²) in [4.78, 5) is 23.6. The van der Waals surface area contributed by atoms with Crippen LogP contribution in [0.1, 0.15) is 36.8 Å². The Balaban J connectivity index is 2.20. The van der Waals surface area contributed by atoms with E-state index < -0.39 is 17.8 Å². The van der Waals surface area contributed by atoms with Crippen LogP contribution < -0.4 is 5.32 Å². The van der Waals surface area contributed by atoms with E-state index in [2.05, 4.69) is 11.4 Å². The lowest BCUT2D eigenvalue weighted by Crippen LogP contribution is -2.36. The number of carboxylic acids is 1. The highest BCUT2D eigenvalue weighted by Gasteiger charge is 2.35. The molecule has 1 saturated carbocycles. The molecular formula is C16H18N2O3. The van der Waals surface area contributed by atoms with Gasteiger partial charge in [0.2, 0.25) is 5.91 Å². The molecule has 5 nitrogen and oxygen atoms in total. The first-order valence-electron chi connectivity index (χ1n) is 7.08. The Morgan fingerprint density at radius 1 is 1.29 bits per heavy atom. The van der Waals surface area contributed by atoms with Gasteiger partial charge >= 0.3 is 5.97 Å². The minimum Gasteiger partial charge on any atom is -0.481 e. The summed E-state index contributed by atoms with van der Waals surface area (Å²) < 4.78 is 0. The quantitative estimate of drug-likeness (QED) is 0.893. The van der Waals surface area contributed by atoms with Crippen molar-refractivity contribution < 1.29 is 14.7 Å². The van der Waals surface area contributed by atoms with Gasteiger partial charge in [-0.2, -0.15) is 5.26 Å². The molecule has 0 unspecified atom stereocenters. The molecule has 110 valence electrons. The number of anilines is 1. The molecule has 1 amide bonds. The van der Waals surface area contributed by atoms with E-state index in [1.54, 1.807) is 25.1 Å². The number of nitrogens with zero attached hydrogens (tertiary/aromatic N) is 1. The summed E-state index contributed by atoms with van der Waals surface area (Å²) in [6.45, 7) is 1.80. The predicted octanol–water partition coefficient (Wildman–Crippen LogP) is 2.70. The van der Waals surface area contributed by atoms with E-state index in [0.29, 0.717) is 24.1 Å². The Kier molecular flexibility index (Phi) is 4.59. The highest BCUT2D eigenvalue weighted by molar-refractivity contribution is 5.96. The maximum absolute atomic E-state index is 12.4. The SMILES string of the molecule is Cc1cccc(NC(=O)[C@@H]2CCCC[C@@H]2C(=O)O)c1C#N. The summed E-state index contributed by atoms with van der Waals surface area (Å²) >= 11 is 0. The third-order valence-electron chi connectivity index (χ3n) is 4.06. The van der Waals surface area contributed by atoms with Crippen molar-refractivity contribution in [3.63, 3.8) is 0 Å². The molecule has 0 aliphatic heterocycles. The zero-order chi connectivity index (χ0) is 15.4. The lowest BCUT2D eigenvalue weighted by molar-refractivity contribution is -0.147. The second kappa shape index (κ2) is 6.40. The molecule has 0 saturated heterocycles. The van der Waals surface area contributed by atoms with Crippen LogP contribution in [0.5, 0.6) is 0 Å². The Hall–Kier alpha value is -2.35. The van der Waals surface area contributed by atoms with Crippen molar-refractivity contribution in [3.05, 3.63) is 29.3 Å². The number of nitrogens with one attached hydrogen (secondary N) is 1. The maximum atomic E-state index is 12.4. The fraction of sp³-hybridized carbons (Fsp3) is 0.438. The van der Waals surface area contributed by atoms with Crippen LogP contribution in [0.15, 0.2) is 18.2 Å². The van der Waals surface area contributed by atoms with Gasteiger partial charge in [0.15, 0.2) is 0 Å². The summed E-state index contributed by atoms with van der Waals surface area (Å²) in [5.41, 5.74) is 1.67. The largest absolute Gasteiger partial charge is 0.481 e. The number of aryl methyl sites for hydroxylation is 1. The number of carboxylic acid groups (broad SMARTS) is 1. The first-order valence-corrected chi connectivity index (χ1v) is 7.08. The molecule has 2 atom stereocenters. The van der Waals surface area contributed by atoms with Crippen LogP contribution in [-0.4, -0.2) is 17.0 Å². The zero-order valence-electron chi connectivity index (χ0n) is 11.9. The third kappa shape index (κ3) is 3.22. The topological polar surface area (TPSA) is 90.2 Å². The number of nitriles is 1. The molecule has 0 radical (unpaired) electrons. The van der Waals surface area contributed by atoms with E-state index in [-0.39, 0.29) is 5.91 Å². The highest BCUT2D eigenvalue weighted by atomic mass is 16.4. The second-order valence-electron chi connectivity index (χ2n) is 5.43. The molecule has 2 N–H and O–H groups in total. The van der Waals surface area contributed by atoms with Gasteiger partial charge in [0, 0.05) is 0 Å². The number of benzene rings is 1. The van der Waals surface area contributed by atoms with Gasteiger partial charge in [0.1, 0.15) is 6.07 Å². The highest BCUT2D eigenvalue weighted by Crippen LogP contribution is 2.31. The molecule has 1 fully saturated rings. The molecule has 21 heavy (non-hydrogen) atoms. The average Bonchev–Trinajstić information content (AvgIpc) is 2.47. The molecule has 1 aromatic rings. The standard InChI is InChI=1S/C16H18N2O3/c1-10-5-4-8-14(13(10)9-17)18-15(19)11-6-2-3-7-12(11)16(20)21/h4-5,8,11-12H,2-3,6-7H2,1H3,(H,18,19)(H,20,21)/t11-,12+/m1/s1. The van der Waals surface area contributed by atoms with Crippen LogP contribution in [0.4, 0.5) is 5.69 Å². The fourth-order valence-electron chi connectivity index (χ4n) is 2.89. The molecule has 5 heteroatoms. The van der Waals surface area contributed by atoms with E-state index in [0.717, 1.165) is 18.4 Å². The number of hydrogen-bond donors (Lipinski definition) is 2. The van der Waals surface area contributed by atoms with Crippen LogP contribution in [-0.2, 0) is 9.59 Å². The predicted molar refractivity (Wildman–Crippen MR) is 77.6 cm³/mol. The Morgan fingerprint density at radius 2 is 1.95 bits per heavy atom. The van der Waals surface area contributed by atoms with Crippen LogP contribution in [0.3, 0.4) is 0 Å². The van der Waals surface area contributed by atoms with Gasteiger partial charge in [-0.15, -0.1) is 0 Å². The number of carbonyl (C=O) groups excluding carboxylic acids is 1. The van der Waals surface area contributed by atoms with Gasteiger partial charge in [0.25, 0.3) is 0 Å². The van der Waals surface area contributed by atoms with Crippen molar-refractivity contribution in [2.45, 2.75) is 32.6 Å². The average molecular weight is 286 g/mol. The first-order chi connectivity index (χ1) is 10.0. The first kappa shape index (κ1) is 15.0. The molecule has 0 aromatic heterocycles. The fourth-order valence-corrected chi connectivity index (χ4v) is 2.89. The molecule has 0 bridgehead atoms. The second-order valence-corrected chi connectivity index (χ2v) is 5.43. The molecular weight excluding hydrogens is 268 g/mol. The van der Waals surface area contributed by atoms with Crippen LogP contribution in [0.25, 0.3) is 0 Å². The summed E-state index contributed by atoms with van der Waals surface area (Å²) in [5, 5.41) is 21.1. The van der Waals surface area contributed by atoms with Crippen LogP contribution in [0, 0.1) is 30.1 Å². The van der Waals surface area contributed by atoms with E-state index in [1.807, 2.05) is 0 Å². The van der Waals surface area contributed by atoms with Gasteiger partial charge in [-0.1, -0.05) is 25.0 Å². The van der Waals surface area contributed by atoms with E-state index >= 15 is 0 Å².